The molecular weight excluding hydrogens is 398 g/mol. The van der Waals surface area contributed by atoms with E-state index < -0.39 is 0 Å². The summed E-state index contributed by atoms with van der Waals surface area (Å²) >= 11 is 1.41. The molecule has 1 aliphatic heterocycles. The van der Waals surface area contributed by atoms with Crippen LogP contribution in [0.5, 0.6) is 5.75 Å². The molecule has 6 nitrogen and oxygen atoms in total. The van der Waals surface area contributed by atoms with E-state index in [2.05, 4.69) is 10.2 Å². The number of amides is 2. The Kier molecular flexibility index (Phi) is 7.63. The van der Waals surface area contributed by atoms with Crippen molar-refractivity contribution in [1.29, 1.82) is 0 Å². The summed E-state index contributed by atoms with van der Waals surface area (Å²) < 4.78 is 5.22. The third-order valence-electron chi connectivity index (χ3n) is 4.93. The van der Waals surface area contributed by atoms with Crippen molar-refractivity contribution in [3.63, 3.8) is 0 Å². The van der Waals surface area contributed by atoms with Crippen LogP contribution in [-0.4, -0.2) is 61.8 Å². The van der Waals surface area contributed by atoms with E-state index in [1.807, 2.05) is 67.3 Å². The number of methoxy groups -OCH3 is 1. The molecule has 0 atom stereocenters. The molecule has 0 aromatic heterocycles. The number of anilines is 1. The van der Waals surface area contributed by atoms with Crippen molar-refractivity contribution in [2.45, 2.75) is 24.8 Å². The molecule has 0 aliphatic carbocycles. The fraction of sp³-hybridized carbons (Fsp3) is 0.391. The third-order valence-corrected chi connectivity index (χ3v) is 6.00. The number of carbonyl (C=O) groups is 2. The lowest BCUT2D eigenvalue weighted by atomic mass is 10.1. The number of piperazine rings is 1. The van der Waals surface area contributed by atoms with Crippen LogP contribution in [0.25, 0.3) is 0 Å². The minimum atomic E-state index is -0.0228. The fourth-order valence-electron chi connectivity index (χ4n) is 3.41. The van der Waals surface area contributed by atoms with Gasteiger partial charge in [0, 0.05) is 42.8 Å². The minimum Gasteiger partial charge on any atom is -0.497 e. The molecule has 1 saturated heterocycles. The molecule has 2 aromatic rings. The summed E-state index contributed by atoms with van der Waals surface area (Å²) in [6.45, 7) is 6.76. The number of benzene rings is 2. The van der Waals surface area contributed by atoms with E-state index in [1.54, 1.807) is 7.11 Å². The number of hydrogen-bond acceptors (Lipinski definition) is 5. The fourth-order valence-corrected chi connectivity index (χ4v) is 4.26. The van der Waals surface area contributed by atoms with E-state index in [-0.39, 0.29) is 17.9 Å². The molecule has 1 fully saturated rings. The summed E-state index contributed by atoms with van der Waals surface area (Å²) in [5.74, 6) is 1.14. The zero-order chi connectivity index (χ0) is 21.5. The quantitative estimate of drug-likeness (QED) is 0.687. The molecule has 0 radical (unpaired) electrons. The van der Waals surface area contributed by atoms with Gasteiger partial charge in [0.15, 0.2) is 0 Å². The van der Waals surface area contributed by atoms with Crippen molar-refractivity contribution >= 4 is 29.3 Å². The molecule has 3 rings (SSSR count). The number of ether oxygens (including phenoxy) is 1. The first-order valence-corrected chi connectivity index (χ1v) is 11.2. The monoisotopic (exact) mass is 427 g/mol. The molecule has 0 saturated carbocycles. The summed E-state index contributed by atoms with van der Waals surface area (Å²) in [5, 5.41) is 2.88. The second-order valence-corrected chi connectivity index (χ2v) is 8.50. The average Bonchev–Trinajstić information content (AvgIpc) is 2.77. The second-order valence-electron chi connectivity index (χ2n) is 7.48. The lowest BCUT2D eigenvalue weighted by molar-refractivity contribution is -0.119. The maximum absolute atomic E-state index is 13.1. The lowest BCUT2D eigenvalue weighted by Crippen LogP contribution is -2.48. The molecule has 7 heteroatoms. The highest BCUT2D eigenvalue weighted by atomic mass is 32.2. The van der Waals surface area contributed by atoms with Gasteiger partial charge in [0.2, 0.25) is 5.91 Å². The van der Waals surface area contributed by atoms with Gasteiger partial charge in [0.1, 0.15) is 5.75 Å². The summed E-state index contributed by atoms with van der Waals surface area (Å²) in [6.07, 6.45) is 0. The molecule has 0 spiro atoms. The van der Waals surface area contributed by atoms with Crippen molar-refractivity contribution in [1.82, 2.24) is 10.2 Å². The maximum Gasteiger partial charge on any atom is 0.255 e. The van der Waals surface area contributed by atoms with E-state index in [4.69, 9.17) is 4.74 Å². The van der Waals surface area contributed by atoms with E-state index in [9.17, 15) is 9.59 Å². The zero-order valence-electron chi connectivity index (χ0n) is 17.8. The van der Waals surface area contributed by atoms with E-state index in [1.165, 1.54) is 11.8 Å². The summed E-state index contributed by atoms with van der Waals surface area (Å²) in [6, 6.07) is 15.6. The Morgan fingerprint density at radius 1 is 1.03 bits per heavy atom. The highest BCUT2D eigenvalue weighted by Gasteiger charge is 2.24. The molecule has 160 valence electrons. The Labute approximate surface area is 182 Å². The van der Waals surface area contributed by atoms with Gasteiger partial charge in [0.25, 0.3) is 5.91 Å². The number of nitrogens with zero attached hydrogens (tertiary/aromatic N) is 2. The van der Waals surface area contributed by atoms with Gasteiger partial charge in [-0.25, -0.2) is 0 Å². The van der Waals surface area contributed by atoms with Gasteiger partial charge < -0.3 is 19.9 Å². The number of thioether (sulfide) groups is 1. The first kappa shape index (κ1) is 22.0. The maximum atomic E-state index is 13.1. The number of hydrogen-bond donors (Lipinski definition) is 1. The summed E-state index contributed by atoms with van der Waals surface area (Å²) in [5.41, 5.74) is 1.80. The molecule has 1 N–H and O–H groups in total. The van der Waals surface area contributed by atoms with Crippen LogP contribution in [-0.2, 0) is 4.79 Å². The Morgan fingerprint density at radius 2 is 1.70 bits per heavy atom. The molecule has 0 bridgehead atoms. The molecule has 30 heavy (non-hydrogen) atoms. The standard InChI is InChI=1S/C23H29N3O3S/c1-17(2)24-22(27)16-30-21-7-5-4-6-20(21)23(28)26-14-12-25(13-15-26)18-8-10-19(29-3)11-9-18/h4-11,17H,12-16H2,1-3H3,(H,24,27). The number of nitrogens with one attached hydrogen (secondary N) is 1. The van der Waals surface area contributed by atoms with Crippen LogP contribution in [0.1, 0.15) is 24.2 Å². The Morgan fingerprint density at radius 3 is 2.33 bits per heavy atom. The van der Waals surface area contributed by atoms with Crippen LogP contribution < -0.4 is 15.0 Å². The summed E-state index contributed by atoms with van der Waals surface area (Å²) in [4.78, 5) is 30.1. The largest absolute Gasteiger partial charge is 0.497 e. The zero-order valence-corrected chi connectivity index (χ0v) is 18.6. The number of rotatable bonds is 7. The first-order valence-electron chi connectivity index (χ1n) is 10.2. The second kappa shape index (κ2) is 10.4. The highest BCUT2D eigenvalue weighted by molar-refractivity contribution is 8.00. The Balaban J connectivity index is 1.60. The molecular formula is C23H29N3O3S. The van der Waals surface area contributed by atoms with E-state index >= 15 is 0 Å². The predicted octanol–water partition coefficient (Wildman–Crippen LogP) is 3.27. The Hall–Kier alpha value is -2.67. The molecule has 1 heterocycles. The van der Waals surface area contributed by atoms with Gasteiger partial charge in [-0.15, -0.1) is 11.8 Å². The van der Waals surface area contributed by atoms with Gasteiger partial charge in [-0.05, 0) is 50.2 Å². The third kappa shape index (κ3) is 5.69. The summed E-state index contributed by atoms with van der Waals surface area (Å²) in [7, 11) is 1.66. The van der Waals surface area contributed by atoms with Crippen molar-refractivity contribution in [3.05, 3.63) is 54.1 Å². The van der Waals surface area contributed by atoms with Gasteiger partial charge in [-0.1, -0.05) is 12.1 Å². The van der Waals surface area contributed by atoms with Crippen LogP contribution in [0, 0.1) is 0 Å². The van der Waals surface area contributed by atoms with Crippen LogP contribution in [0.2, 0.25) is 0 Å². The highest BCUT2D eigenvalue weighted by Crippen LogP contribution is 2.25. The van der Waals surface area contributed by atoms with Crippen molar-refractivity contribution in [3.8, 4) is 5.75 Å². The van der Waals surface area contributed by atoms with Gasteiger partial charge in [-0.2, -0.15) is 0 Å². The average molecular weight is 428 g/mol. The van der Waals surface area contributed by atoms with Crippen molar-refractivity contribution < 1.29 is 14.3 Å². The normalized spacial score (nSPS) is 14.0. The van der Waals surface area contributed by atoms with Crippen LogP contribution in [0.3, 0.4) is 0 Å². The van der Waals surface area contributed by atoms with Crippen molar-refractivity contribution in [2.24, 2.45) is 0 Å². The lowest BCUT2D eigenvalue weighted by Gasteiger charge is -2.36. The predicted molar refractivity (Wildman–Crippen MR) is 122 cm³/mol. The smallest absolute Gasteiger partial charge is 0.255 e. The number of carbonyl (C=O) groups excluding carboxylic acids is 2. The van der Waals surface area contributed by atoms with Crippen molar-refractivity contribution in [2.75, 3.05) is 43.9 Å². The van der Waals surface area contributed by atoms with E-state index in [0.29, 0.717) is 24.4 Å². The molecule has 0 unspecified atom stereocenters. The molecule has 1 aliphatic rings. The van der Waals surface area contributed by atoms with Crippen LogP contribution in [0.4, 0.5) is 5.69 Å². The SMILES string of the molecule is COc1ccc(N2CCN(C(=O)c3ccccc3SCC(=O)NC(C)C)CC2)cc1. The van der Waals surface area contributed by atoms with E-state index in [0.717, 1.165) is 29.4 Å². The molecule has 2 aromatic carbocycles. The Bertz CT molecular complexity index is 862. The first-order chi connectivity index (χ1) is 14.5. The topological polar surface area (TPSA) is 61.9 Å². The minimum absolute atomic E-state index is 0.0228. The van der Waals surface area contributed by atoms with Gasteiger partial charge >= 0.3 is 0 Å². The van der Waals surface area contributed by atoms with Gasteiger partial charge in [0.05, 0.1) is 18.4 Å². The van der Waals surface area contributed by atoms with Crippen LogP contribution >= 0.6 is 11.8 Å². The van der Waals surface area contributed by atoms with Crippen LogP contribution in [0.15, 0.2) is 53.4 Å². The van der Waals surface area contributed by atoms with Gasteiger partial charge in [-0.3, -0.25) is 9.59 Å². The molecule has 2 amide bonds.